The van der Waals surface area contributed by atoms with E-state index in [0.717, 1.165) is 17.1 Å². The van der Waals surface area contributed by atoms with Crippen LogP contribution in [0.2, 0.25) is 0 Å². The van der Waals surface area contributed by atoms with E-state index >= 15 is 0 Å². The first kappa shape index (κ1) is 15.2. The van der Waals surface area contributed by atoms with Crippen LogP contribution in [0.1, 0.15) is 18.4 Å². The predicted molar refractivity (Wildman–Crippen MR) is 90.5 cm³/mol. The Balaban J connectivity index is 2.02. The molecule has 0 atom stereocenters. The van der Waals surface area contributed by atoms with E-state index in [0.29, 0.717) is 23.0 Å². The Morgan fingerprint density at radius 3 is 2.91 bits per heavy atom. The standard InChI is InChI=1S/C16H16N4O2S/c1-3-21-14-7-5-4-6-13(14)15-18-19-16(23)20(15)17-10-12-9-8-11(2)22-12/h4-10H,3H2,1-2H3,(H,19,23)/b17-10-. The molecule has 7 heteroatoms. The van der Waals surface area contributed by atoms with Crippen LogP contribution in [0.15, 0.2) is 45.9 Å². The van der Waals surface area contributed by atoms with E-state index in [1.54, 1.807) is 10.9 Å². The summed E-state index contributed by atoms with van der Waals surface area (Å²) in [5, 5.41) is 11.4. The summed E-state index contributed by atoms with van der Waals surface area (Å²) >= 11 is 5.26. The molecule has 6 nitrogen and oxygen atoms in total. The van der Waals surface area contributed by atoms with Gasteiger partial charge in [0.25, 0.3) is 0 Å². The molecule has 1 N–H and O–H groups in total. The third-order valence-corrected chi connectivity index (χ3v) is 3.40. The van der Waals surface area contributed by atoms with Crippen molar-refractivity contribution < 1.29 is 9.15 Å². The molecule has 0 spiro atoms. The number of H-pyrrole nitrogens is 1. The number of hydrogen-bond donors (Lipinski definition) is 1. The van der Waals surface area contributed by atoms with Crippen LogP contribution in [-0.4, -0.2) is 27.7 Å². The van der Waals surface area contributed by atoms with E-state index in [1.807, 2.05) is 50.2 Å². The third kappa shape index (κ3) is 3.24. The van der Waals surface area contributed by atoms with Crippen molar-refractivity contribution in [3.63, 3.8) is 0 Å². The summed E-state index contributed by atoms with van der Waals surface area (Å²) in [6.07, 6.45) is 1.60. The van der Waals surface area contributed by atoms with Crippen molar-refractivity contribution in [2.24, 2.45) is 5.10 Å². The molecule has 0 saturated carbocycles. The minimum atomic E-state index is 0.394. The zero-order valence-corrected chi connectivity index (χ0v) is 13.6. The van der Waals surface area contributed by atoms with Crippen molar-refractivity contribution in [2.75, 3.05) is 6.61 Å². The molecule has 0 unspecified atom stereocenters. The molecule has 0 aliphatic rings. The van der Waals surface area contributed by atoms with E-state index in [4.69, 9.17) is 21.4 Å². The summed E-state index contributed by atoms with van der Waals surface area (Å²) in [4.78, 5) is 0. The van der Waals surface area contributed by atoms with E-state index in [1.165, 1.54) is 0 Å². The Bertz CT molecular complexity index is 891. The van der Waals surface area contributed by atoms with Gasteiger partial charge in [0.2, 0.25) is 4.77 Å². The van der Waals surface area contributed by atoms with Gasteiger partial charge in [0.15, 0.2) is 5.82 Å². The highest BCUT2D eigenvalue weighted by Crippen LogP contribution is 2.28. The first-order valence-corrected chi connectivity index (χ1v) is 7.60. The van der Waals surface area contributed by atoms with E-state index in [-0.39, 0.29) is 0 Å². The van der Waals surface area contributed by atoms with E-state index < -0.39 is 0 Å². The minimum Gasteiger partial charge on any atom is -0.493 e. The Morgan fingerprint density at radius 2 is 2.17 bits per heavy atom. The van der Waals surface area contributed by atoms with Crippen LogP contribution in [-0.2, 0) is 0 Å². The molecule has 3 aromatic rings. The van der Waals surface area contributed by atoms with Crippen LogP contribution in [0.25, 0.3) is 11.4 Å². The molecule has 0 saturated heterocycles. The number of aromatic amines is 1. The lowest BCUT2D eigenvalue weighted by atomic mass is 10.2. The Kier molecular flexibility index (Phi) is 4.38. The number of hydrogen-bond acceptors (Lipinski definition) is 5. The van der Waals surface area contributed by atoms with Crippen molar-refractivity contribution in [1.82, 2.24) is 14.9 Å². The Morgan fingerprint density at radius 1 is 1.35 bits per heavy atom. The number of furan rings is 1. The molecule has 0 radical (unpaired) electrons. The van der Waals surface area contributed by atoms with Gasteiger partial charge in [-0.25, -0.2) is 5.10 Å². The molecule has 0 bridgehead atoms. The molecule has 118 valence electrons. The van der Waals surface area contributed by atoms with Gasteiger partial charge in [-0.2, -0.15) is 14.9 Å². The molecule has 0 fully saturated rings. The second-order valence-corrected chi connectivity index (χ2v) is 5.17. The number of nitrogens with zero attached hydrogens (tertiary/aromatic N) is 3. The first-order valence-electron chi connectivity index (χ1n) is 7.19. The van der Waals surface area contributed by atoms with Gasteiger partial charge in [0.05, 0.1) is 18.4 Å². The fourth-order valence-corrected chi connectivity index (χ4v) is 2.32. The smallest absolute Gasteiger partial charge is 0.216 e. The molecule has 0 amide bonds. The van der Waals surface area contributed by atoms with Crippen molar-refractivity contribution in [2.45, 2.75) is 13.8 Å². The number of aryl methyl sites for hydroxylation is 1. The number of para-hydroxylation sites is 1. The summed E-state index contributed by atoms with van der Waals surface area (Å²) in [7, 11) is 0. The van der Waals surface area contributed by atoms with Crippen LogP contribution < -0.4 is 4.74 Å². The number of rotatable bonds is 5. The molecule has 0 aliphatic heterocycles. The van der Waals surface area contributed by atoms with Crippen LogP contribution in [0.3, 0.4) is 0 Å². The van der Waals surface area contributed by atoms with Gasteiger partial charge in [-0.05, 0) is 50.3 Å². The molecular formula is C16H16N4O2S. The largest absolute Gasteiger partial charge is 0.493 e. The summed E-state index contributed by atoms with van der Waals surface area (Å²) in [5.41, 5.74) is 0.814. The fraction of sp³-hybridized carbons (Fsp3) is 0.188. The summed E-state index contributed by atoms with van der Waals surface area (Å²) in [5.74, 6) is 2.78. The molecule has 1 aromatic carbocycles. The highest BCUT2D eigenvalue weighted by molar-refractivity contribution is 7.71. The van der Waals surface area contributed by atoms with Gasteiger partial charge in [-0.1, -0.05) is 12.1 Å². The molecule has 0 aliphatic carbocycles. The Hall–Kier alpha value is -2.67. The summed E-state index contributed by atoms with van der Waals surface area (Å²) in [6.45, 7) is 4.38. The zero-order chi connectivity index (χ0) is 16.2. The van der Waals surface area contributed by atoms with Crippen LogP contribution in [0.5, 0.6) is 5.75 Å². The molecule has 2 heterocycles. The third-order valence-electron chi connectivity index (χ3n) is 3.14. The number of nitrogens with one attached hydrogen (secondary N) is 1. The van der Waals surface area contributed by atoms with E-state index in [9.17, 15) is 0 Å². The quantitative estimate of drug-likeness (QED) is 0.571. The van der Waals surface area contributed by atoms with Gasteiger partial charge < -0.3 is 9.15 Å². The zero-order valence-electron chi connectivity index (χ0n) is 12.8. The molecule has 2 aromatic heterocycles. The van der Waals surface area contributed by atoms with Gasteiger partial charge in [-0.15, -0.1) is 0 Å². The minimum absolute atomic E-state index is 0.394. The van der Waals surface area contributed by atoms with Crippen LogP contribution in [0, 0.1) is 11.7 Å². The van der Waals surface area contributed by atoms with Crippen LogP contribution >= 0.6 is 12.2 Å². The maximum atomic E-state index is 5.65. The lowest BCUT2D eigenvalue weighted by Gasteiger charge is -2.08. The van der Waals surface area contributed by atoms with E-state index in [2.05, 4.69) is 15.3 Å². The second-order valence-electron chi connectivity index (χ2n) is 4.79. The van der Waals surface area contributed by atoms with Gasteiger partial charge in [-0.3, -0.25) is 0 Å². The number of benzene rings is 1. The molecule has 23 heavy (non-hydrogen) atoms. The van der Waals surface area contributed by atoms with Crippen molar-refractivity contribution in [3.8, 4) is 17.1 Å². The highest BCUT2D eigenvalue weighted by Gasteiger charge is 2.13. The average molecular weight is 328 g/mol. The van der Waals surface area contributed by atoms with Gasteiger partial charge >= 0.3 is 0 Å². The summed E-state index contributed by atoms with van der Waals surface area (Å²) in [6, 6.07) is 11.4. The second kappa shape index (κ2) is 6.62. The summed E-state index contributed by atoms with van der Waals surface area (Å²) < 4.78 is 13.1. The average Bonchev–Trinajstić information content (AvgIpc) is 3.12. The monoisotopic (exact) mass is 328 g/mol. The maximum Gasteiger partial charge on any atom is 0.216 e. The van der Waals surface area contributed by atoms with Crippen LogP contribution in [0.4, 0.5) is 0 Å². The van der Waals surface area contributed by atoms with Crippen molar-refractivity contribution in [3.05, 3.63) is 52.7 Å². The lowest BCUT2D eigenvalue weighted by molar-refractivity contribution is 0.341. The van der Waals surface area contributed by atoms with Gasteiger partial charge in [0.1, 0.15) is 17.3 Å². The van der Waals surface area contributed by atoms with Crippen molar-refractivity contribution in [1.29, 1.82) is 0 Å². The predicted octanol–water partition coefficient (Wildman–Crippen LogP) is 3.79. The SMILES string of the molecule is CCOc1ccccc1-c1n[nH]c(=S)n1/N=C\c1ccc(C)o1. The normalized spacial score (nSPS) is 11.2. The fourth-order valence-electron chi connectivity index (χ4n) is 2.14. The first-order chi connectivity index (χ1) is 11.2. The van der Waals surface area contributed by atoms with Gasteiger partial charge in [0, 0.05) is 0 Å². The highest BCUT2D eigenvalue weighted by atomic mass is 32.1. The van der Waals surface area contributed by atoms with Crippen molar-refractivity contribution >= 4 is 18.4 Å². The molecular weight excluding hydrogens is 312 g/mol. The topological polar surface area (TPSA) is 68.3 Å². The maximum absolute atomic E-state index is 5.65. The number of aromatic nitrogens is 3. The lowest BCUT2D eigenvalue weighted by Crippen LogP contribution is -1.98. The molecule has 3 rings (SSSR count). The Labute approximate surface area is 138 Å². The number of ether oxygens (including phenoxy) is 1.